The first-order valence-electron chi connectivity index (χ1n) is 8.69. The largest absolute Gasteiger partial charge is 0.481 e. The summed E-state index contributed by atoms with van der Waals surface area (Å²) in [6, 6.07) is 15.9. The summed E-state index contributed by atoms with van der Waals surface area (Å²) in [5.74, 6) is -1.04. The van der Waals surface area contributed by atoms with Crippen LogP contribution in [0.25, 0.3) is 10.2 Å². The lowest BCUT2D eigenvalue weighted by atomic mass is 9.95. The number of fused-ring (bicyclic) bond motifs is 1. The molecule has 0 saturated carbocycles. The van der Waals surface area contributed by atoms with E-state index in [1.807, 2.05) is 42.5 Å². The van der Waals surface area contributed by atoms with Gasteiger partial charge in [-0.1, -0.05) is 35.9 Å². The van der Waals surface area contributed by atoms with Crippen molar-refractivity contribution in [1.82, 2.24) is 9.88 Å². The van der Waals surface area contributed by atoms with Crippen molar-refractivity contribution in [3.8, 4) is 0 Å². The number of likely N-dealkylation sites (tertiary alicyclic amines) is 1. The van der Waals surface area contributed by atoms with Crippen molar-refractivity contribution in [3.63, 3.8) is 0 Å². The predicted octanol–water partition coefficient (Wildman–Crippen LogP) is 4.84. The fourth-order valence-corrected chi connectivity index (χ4v) is 4.86. The number of carbonyl (C=O) groups is 1. The van der Waals surface area contributed by atoms with E-state index in [-0.39, 0.29) is 12.0 Å². The van der Waals surface area contributed by atoms with Gasteiger partial charge in [0.15, 0.2) is 0 Å². The summed E-state index contributed by atoms with van der Waals surface area (Å²) in [6.07, 6.45) is 1.62. The topological polar surface area (TPSA) is 53.4 Å². The molecule has 134 valence electrons. The number of carboxylic acid groups (broad SMARTS) is 1. The van der Waals surface area contributed by atoms with E-state index in [1.165, 1.54) is 0 Å². The third-order valence-electron chi connectivity index (χ3n) is 4.90. The Kier molecular flexibility index (Phi) is 4.94. The minimum atomic E-state index is -0.714. The molecule has 1 aliphatic rings. The van der Waals surface area contributed by atoms with Crippen molar-refractivity contribution in [2.45, 2.75) is 18.9 Å². The molecule has 4 nitrogen and oxygen atoms in total. The third kappa shape index (κ3) is 3.47. The molecule has 1 aliphatic heterocycles. The summed E-state index contributed by atoms with van der Waals surface area (Å²) in [4.78, 5) is 18.6. The third-order valence-corrected chi connectivity index (χ3v) is 6.24. The van der Waals surface area contributed by atoms with Crippen LogP contribution in [0.5, 0.6) is 0 Å². The molecule has 1 fully saturated rings. The van der Waals surface area contributed by atoms with Gasteiger partial charge in [0.25, 0.3) is 0 Å². The number of aliphatic carboxylic acids is 1. The van der Waals surface area contributed by atoms with E-state index >= 15 is 0 Å². The average Bonchev–Trinajstić information content (AvgIpc) is 3.07. The highest BCUT2D eigenvalue weighted by Gasteiger charge is 2.32. The molecule has 2 aromatic carbocycles. The Balaban J connectivity index is 1.76. The van der Waals surface area contributed by atoms with Crippen LogP contribution in [-0.2, 0) is 4.79 Å². The second-order valence-corrected chi connectivity index (χ2v) is 8.14. The summed E-state index contributed by atoms with van der Waals surface area (Å²) in [5.41, 5.74) is 2.08. The number of aromatic nitrogens is 1. The average molecular weight is 387 g/mol. The number of rotatable bonds is 4. The van der Waals surface area contributed by atoms with E-state index in [1.54, 1.807) is 11.3 Å². The maximum atomic E-state index is 11.5. The lowest BCUT2D eigenvalue weighted by Crippen LogP contribution is -2.41. The summed E-state index contributed by atoms with van der Waals surface area (Å²) in [5, 5.41) is 11.2. The summed E-state index contributed by atoms with van der Waals surface area (Å²) < 4.78 is 1.15. The fraction of sp³-hybridized carbons (Fsp3) is 0.300. The van der Waals surface area contributed by atoms with Gasteiger partial charge in [-0.25, -0.2) is 4.98 Å². The van der Waals surface area contributed by atoms with Crippen molar-refractivity contribution in [2.24, 2.45) is 5.92 Å². The van der Waals surface area contributed by atoms with Crippen LogP contribution in [0, 0.1) is 5.92 Å². The highest BCUT2D eigenvalue weighted by molar-refractivity contribution is 7.18. The maximum absolute atomic E-state index is 11.5. The van der Waals surface area contributed by atoms with E-state index in [9.17, 15) is 9.90 Å². The van der Waals surface area contributed by atoms with E-state index in [0.717, 1.165) is 40.2 Å². The zero-order chi connectivity index (χ0) is 18.1. The molecule has 0 radical (unpaired) electrons. The molecule has 6 heteroatoms. The van der Waals surface area contributed by atoms with E-state index in [4.69, 9.17) is 16.6 Å². The summed E-state index contributed by atoms with van der Waals surface area (Å²) in [7, 11) is 0. The standard InChI is InChI=1S/C20H19ClN2O2S/c21-15-9-7-13(8-10-15)18(23-11-3-4-14(12-23)20(24)25)19-22-16-5-1-2-6-17(16)26-19/h1-2,5-10,14,18H,3-4,11-12H2,(H,24,25). The molecular weight excluding hydrogens is 368 g/mol. The van der Waals surface area contributed by atoms with Crippen LogP contribution in [0.1, 0.15) is 29.5 Å². The maximum Gasteiger partial charge on any atom is 0.307 e. The monoisotopic (exact) mass is 386 g/mol. The first kappa shape index (κ1) is 17.5. The van der Waals surface area contributed by atoms with Crippen molar-refractivity contribution in [3.05, 3.63) is 64.1 Å². The van der Waals surface area contributed by atoms with Gasteiger partial charge in [0.2, 0.25) is 0 Å². The van der Waals surface area contributed by atoms with Crippen molar-refractivity contribution in [2.75, 3.05) is 13.1 Å². The minimum Gasteiger partial charge on any atom is -0.481 e. The van der Waals surface area contributed by atoms with Gasteiger partial charge in [-0.2, -0.15) is 0 Å². The molecular formula is C20H19ClN2O2S. The number of halogens is 1. The van der Waals surface area contributed by atoms with Gasteiger partial charge >= 0.3 is 5.97 Å². The number of piperidine rings is 1. The van der Waals surface area contributed by atoms with Gasteiger partial charge < -0.3 is 5.11 Å². The van der Waals surface area contributed by atoms with Gasteiger partial charge in [-0.15, -0.1) is 11.3 Å². The molecule has 0 amide bonds. The molecule has 26 heavy (non-hydrogen) atoms. The second-order valence-electron chi connectivity index (χ2n) is 6.65. The molecule has 2 heterocycles. The van der Waals surface area contributed by atoms with Crippen LogP contribution in [0.15, 0.2) is 48.5 Å². The molecule has 0 spiro atoms. The molecule has 2 atom stereocenters. The van der Waals surface area contributed by atoms with Crippen molar-refractivity contribution < 1.29 is 9.90 Å². The van der Waals surface area contributed by atoms with E-state index in [0.29, 0.717) is 11.6 Å². The Morgan fingerprint density at radius 2 is 2.00 bits per heavy atom. The van der Waals surface area contributed by atoms with E-state index in [2.05, 4.69) is 11.0 Å². The van der Waals surface area contributed by atoms with Crippen LogP contribution in [0.3, 0.4) is 0 Å². The molecule has 1 saturated heterocycles. The molecule has 3 aromatic rings. The molecule has 0 bridgehead atoms. The highest BCUT2D eigenvalue weighted by Crippen LogP contribution is 2.37. The van der Waals surface area contributed by atoms with Gasteiger partial charge in [0.1, 0.15) is 5.01 Å². The molecule has 1 N–H and O–H groups in total. The number of nitrogens with zero attached hydrogens (tertiary/aromatic N) is 2. The van der Waals surface area contributed by atoms with E-state index < -0.39 is 5.97 Å². The molecule has 1 aromatic heterocycles. The Morgan fingerprint density at radius 1 is 1.23 bits per heavy atom. The van der Waals surface area contributed by atoms with Crippen LogP contribution in [0.2, 0.25) is 5.02 Å². The van der Waals surface area contributed by atoms with Crippen LogP contribution in [-0.4, -0.2) is 34.0 Å². The smallest absolute Gasteiger partial charge is 0.307 e. The van der Waals surface area contributed by atoms with Crippen molar-refractivity contribution >= 4 is 39.1 Å². The number of para-hydroxylation sites is 1. The number of thiazole rings is 1. The SMILES string of the molecule is O=C(O)C1CCCN(C(c2ccc(Cl)cc2)c2nc3ccccc3s2)C1. The number of benzene rings is 2. The molecule has 4 rings (SSSR count). The molecule has 2 unspecified atom stereocenters. The minimum absolute atomic E-state index is 0.0492. The first-order valence-corrected chi connectivity index (χ1v) is 9.89. The second kappa shape index (κ2) is 7.35. The Morgan fingerprint density at radius 3 is 2.73 bits per heavy atom. The first-order chi connectivity index (χ1) is 12.6. The number of hydrogen-bond donors (Lipinski definition) is 1. The Hall–Kier alpha value is -1.95. The quantitative estimate of drug-likeness (QED) is 0.697. The lowest BCUT2D eigenvalue weighted by molar-refractivity contribution is -0.143. The normalized spacial score (nSPS) is 19.5. The summed E-state index contributed by atoms with van der Waals surface area (Å²) in [6.45, 7) is 1.41. The highest BCUT2D eigenvalue weighted by atomic mass is 35.5. The van der Waals surface area contributed by atoms with Gasteiger partial charge in [-0.05, 0) is 49.2 Å². The van der Waals surface area contributed by atoms with Gasteiger partial charge in [-0.3, -0.25) is 9.69 Å². The fourth-order valence-electron chi connectivity index (χ4n) is 3.60. The zero-order valence-corrected chi connectivity index (χ0v) is 15.7. The van der Waals surface area contributed by atoms with Crippen LogP contribution < -0.4 is 0 Å². The van der Waals surface area contributed by atoms with Gasteiger partial charge in [0.05, 0.1) is 22.2 Å². The van der Waals surface area contributed by atoms with Crippen LogP contribution in [0.4, 0.5) is 0 Å². The zero-order valence-electron chi connectivity index (χ0n) is 14.1. The Bertz CT molecular complexity index is 892. The van der Waals surface area contributed by atoms with Gasteiger partial charge in [0, 0.05) is 11.6 Å². The lowest BCUT2D eigenvalue weighted by Gasteiger charge is -2.36. The Labute approximate surface area is 161 Å². The van der Waals surface area contributed by atoms with Crippen LogP contribution >= 0.6 is 22.9 Å². The van der Waals surface area contributed by atoms with Crippen molar-refractivity contribution in [1.29, 1.82) is 0 Å². The molecule has 0 aliphatic carbocycles. The number of hydrogen-bond acceptors (Lipinski definition) is 4. The summed E-state index contributed by atoms with van der Waals surface area (Å²) >= 11 is 7.75. The predicted molar refractivity (Wildman–Crippen MR) is 105 cm³/mol. The number of carboxylic acids is 1.